The zero-order valence-electron chi connectivity index (χ0n) is 29.1. The van der Waals surface area contributed by atoms with Gasteiger partial charge in [0.25, 0.3) is 0 Å². The average molecular weight is 670 g/mol. The molecule has 0 fully saturated rings. The summed E-state index contributed by atoms with van der Waals surface area (Å²) in [5, 5.41) is 13.9. The van der Waals surface area contributed by atoms with Crippen molar-refractivity contribution in [2.75, 3.05) is 0 Å². The predicted molar refractivity (Wildman–Crippen MR) is 205 cm³/mol. The standard InChI is InChI=1S/C37H32Si.2C4H9.V/c1-4-25-23-29-21-19-27-13-9-11-17-32(27)34(29)36(25)38(3,31-15-7-6-8-16-31)37-26(5-2)24-30-22-20-28-14-10-12-18-33(28)35(30)37;2*1-3-4-2;/h6-24H,4-5H2,1-3H3;2*1,3-4H2,2H3;. The van der Waals surface area contributed by atoms with Gasteiger partial charge in [0.05, 0.1) is 0 Å². The topological polar surface area (TPSA) is 0 Å². The molecule has 0 aromatic heterocycles. The van der Waals surface area contributed by atoms with E-state index in [-0.39, 0.29) is 0 Å². The zero-order valence-corrected chi connectivity index (χ0v) is 31.5. The maximum atomic E-state index is 2.77. The molecule has 2 unspecified atom stereocenters. The first-order valence-electron chi connectivity index (χ1n) is 18.5. The van der Waals surface area contributed by atoms with E-state index in [9.17, 15) is 0 Å². The Balaban J connectivity index is 1.62. The van der Waals surface area contributed by atoms with E-state index in [1.807, 2.05) is 11.1 Å². The van der Waals surface area contributed by atoms with Crippen molar-refractivity contribution in [3.8, 4) is 0 Å². The van der Waals surface area contributed by atoms with Crippen LogP contribution in [0, 0.1) is 0 Å². The SMILES string of the molecule is CCC[CH2][V]1([CH2]CCC)[CH]2C(CC)=C(c3c2ccc2ccccc32)[Si](C)(c2ccccc2)C2=C(CC)[CH]1c1ccc3ccccc3c12. The number of rotatable bonds is 9. The van der Waals surface area contributed by atoms with Gasteiger partial charge < -0.3 is 0 Å². The van der Waals surface area contributed by atoms with Gasteiger partial charge in [0, 0.05) is 0 Å². The summed E-state index contributed by atoms with van der Waals surface area (Å²) in [7, 11) is -2.51. The van der Waals surface area contributed by atoms with Crippen LogP contribution in [0.5, 0.6) is 0 Å². The summed E-state index contributed by atoms with van der Waals surface area (Å²) in [6, 6.07) is 40.8. The van der Waals surface area contributed by atoms with Gasteiger partial charge in [0.15, 0.2) is 0 Å². The molecular formula is C45H50SiV. The van der Waals surface area contributed by atoms with E-state index in [2.05, 4.69) is 137 Å². The molecule has 239 valence electrons. The van der Waals surface area contributed by atoms with Crippen LogP contribution in [0.3, 0.4) is 0 Å². The van der Waals surface area contributed by atoms with Crippen LogP contribution < -0.4 is 5.19 Å². The van der Waals surface area contributed by atoms with E-state index in [1.54, 1.807) is 37.8 Å². The Hall–Kier alpha value is -3.10. The van der Waals surface area contributed by atoms with Crippen molar-refractivity contribution in [1.29, 1.82) is 0 Å². The van der Waals surface area contributed by atoms with E-state index in [0.717, 1.165) is 12.8 Å². The van der Waals surface area contributed by atoms with Crippen LogP contribution >= 0.6 is 0 Å². The summed E-state index contributed by atoms with van der Waals surface area (Å²) in [5.74, 6) is 0. The van der Waals surface area contributed by atoms with E-state index < -0.39 is 22.1 Å². The molecule has 47 heavy (non-hydrogen) atoms. The molecule has 5 aromatic carbocycles. The molecule has 5 aromatic rings. The molecule has 1 heterocycles. The molecule has 3 aliphatic rings. The van der Waals surface area contributed by atoms with Crippen molar-refractivity contribution >= 4 is 45.2 Å². The number of benzene rings is 5. The fraction of sp³-hybridized carbons (Fsp3) is 0.333. The van der Waals surface area contributed by atoms with Crippen molar-refractivity contribution in [3.63, 3.8) is 0 Å². The molecule has 0 N–H and O–H groups in total. The van der Waals surface area contributed by atoms with Gasteiger partial charge in [0.1, 0.15) is 0 Å². The molecule has 2 heteroatoms. The predicted octanol–water partition coefficient (Wildman–Crippen LogP) is 12.8. The minimum atomic E-state index is -2.61. The Morgan fingerprint density at radius 2 is 0.979 bits per heavy atom. The molecule has 2 aliphatic carbocycles. The fourth-order valence-electron chi connectivity index (χ4n) is 10.5. The second-order valence-corrected chi connectivity index (χ2v) is 24.8. The Morgan fingerprint density at radius 1 is 0.532 bits per heavy atom. The monoisotopic (exact) mass is 669 g/mol. The van der Waals surface area contributed by atoms with Gasteiger partial charge in [0.2, 0.25) is 0 Å². The van der Waals surface area contributed by atoms with Crippen LogP contribution in [0.15, 0.2) is 114 Å². The van der Waals surface area contributed by atoms with Crippen molar-refractivity contribution in [3.05, 3.63) is 137 Å². The van der Waals surface area contributed by atoms with Crippen LogP contribution in [0.4, 0.5) is 0 Å². The van der Waals surface area contributed by atoms with Crippen LogP contribution in [-0.2, 0) is 14.0 Å². The van der Waals surface area contributed by atoms with Crippen LogP contribution in [0.1, 0.15) is 97.7 Å². The molecular weight excluding hydrogens is 620 g/mol. The van der Waals surface area contributed by atoms with E-state index >= 15 is 0 Å². The molecule has 0 saturated carbocycles. The zero-order chi connectivity index (χ0) is 32.3. The van der Waals surface area contributed by atoms with Gasteiger partial charge >= 0.3 is 288 Å². The Bertz CT molecular complexity index is 1940. The number of hydrogen-bond acceptors (Lipinski definition) is 0. The number of fused-ring (bicyclic) bond motifs is 12. The van der Waals surface area contributed by atoms with Crippen molar-refractivity contribution in [2.24, 2.45) is 0 Å². The van der Waals surface area contributed by atoms with Gasteiger partial charge in [-0.3, -0.25) is 0 Å². The fourth-order valence-corrected chi connectivity index (χ4v) is 26.6. The Labute approximate surface area is 286 Å². The molecule has 0 saturated heterocycles. The van der Waals surface area contributed by atoms with Crippen molar-refractivity contribution < 1.29 is 14.0 Å². The van der Waals surface area contributed by atoms with Crippen LogP contribution in [0.25, 0.3) is 31.9 Å². The third-order valence-electron chi connectivity index (χ3n) is 12.3. The number of hydrogen-bond donors (Lipinski definition) is 0. The summed E-state index contributed by atoms with van der Waals surface area (Å²) in [5.41, 5.74) is 10.4. The molecule has 0 amide bonds. The first-order valence-corrected chi connectivity index (χ1v) is 24.6. The Kier molecular flexibility index (Phi) is 8.03. The van der Waals surface area contributed by atoms with E-state index in [4.69, 9.17) is 0 Å². The third-order valence-corrected chi connectivity index (χ3v) is 25.6. The Morgan fingerprint density at radius 3 is 1.43 bits per heavy atom. The third kappa shape index (κ3) is 4.32. The first-order chi connectivity index (χ1) is 23.0. The maximum absolute atomic E-state index is 2.77. The summed E-state index contributed by atoms with van der Waals surface area (Å²) >= 11 is -2.61. The van der Waals surface area contributed by atoms with Crippen LogP contribution in [0.2, 0.25) is 16.8 Å². The molecule has 0 spiro atoms. The summed E-state index contributed by atoms with van der Waals surface area (Å²) in [4.78, 5) is 0. The quantitative estimate of drug-likeness (QED) is 0.137. The van der Waals surface area contributed by atoms with E-state index in [1.165, 1.54) is 57.5 Å². The molecule has 0 nitrogen and oxygen atoms in total. The second-order valence-electron chi connectivity index (χ2n) is 14.6. The van der Waals surface area contributed by atoms with Gasteiger partial charge in [-0.05, 0) is 0 Å². The van der Waals surface area contributed by atoms with Gasteiger partial charge in [-0.2, -0.15) is 0 Å². The molecule has 8 rings (SSSR count). The average Bonchev–Trinajstić information content (AvgIpc) is 3.67. The molecule has 4 bridgehead atoms. The normalized spacial score (nSPS) is 22.5. The van der Waals surface area contributed by atoms with Crippen LogP contribution in [-0.4, -0.2) is 8.07 Å². The van der Waals surface area contributed by atoms with Crippen molar-refractivity contribution in [1.82, 2.24) is 0 Å². The molecule has 2 atom stereocenters. The summed E-state index contributed by atoms with van der Waals surface area (Å²) < 4.78 is 1.23. The first kappa shape index (κ1) is 31.2. The molecule has 0 radical (unpaired) electrons. The second kappa shape index (κ2) is 12.1. The number of unbranched alkanes of at least 4 members (excludes halogenated alkanes) is 2. The summed E-state index contributed by atoms with van der Waals surface area (Å²) in [6.07, 6.45) is 7.63. The summed E-state index contributed by atoms with van der Waals surface area (Å²) in [6.45, 7) is 12.7. The molecule has 1 aliphatic heterocycles. The van der Waals surface area contributed by atoms with Crippen molar-refractivity contribution in [2.45, 2.75) is 92.3 Å². The van der Waals surface area contributed by atoms with E-state index in [0.29, 0.717) is 9.26 Å². The van der Waals surface area contributed by atoms with Gasteiger partial charge in [-0.25, -0.2) is 0 Å². The van der Waals surface area contributed by atoms with Gasteiger partial charge in [-0.1, -0.05) is 0 Å². The number of allylic oxidation sites excluding steroid dienone is 2. The minimum absolute atomic E-state index is 0.617. The van der Waals surface area contributed by atoms with Gasteiger partial charge in [-0.15, -0.1) is 0 Å².